The molecule has 3 rings (SSSR count). The number of hydrogen-bond acceptors (Lipinski definition) is 3. The number of nitrogens with zero attached hydrogens (tertiary/aromatic N) is 2. The Morgan fingerprint density at radius 2 is 1.79 bits per heavy atom. The highest BCUT2D eigenvalue weighted by Crippen LogP contribution is 2.24. The van der Waals surface area contributed by atoms with Gasteiger partial charge in [-0.05, 0) is 82.8 Å². The van der Waals surface area contributed by atoms with Crippen molar-refractivity contribution in [3.63, 3.8) is 0 Å². The Kier molecular flexibility index (Phi) is 6.13. The maximum absolute atomic E-state index is 12.9. The van der Waals surface area contributed by atoms with Crippen LogP contribution in [0.4, 0.5) is 0 Å². The van der Waals surface area contributed by atoms with Crippen molar-refractivity contribution in [2.45, 2.75) is 51.5 Å². The predicted molar refractivity (Wildman–Crippen MR) is 96.6 cm³/mol. The summed E-state index contributed by atoms with van der Waals surface area (Å²) in [6.45, 7) is 7.13. The van der Waals surface area contributed by atoms with E-state index in [4.69, 9.17) is 4.74 Å². The van der Waals surface area contributed by atoms with E-state index < -0.39 is 0 Å². The van der Waals surface area contributed by atoms with Gasteiger partial charge in [-0.2, -0.15) is 0 Å². The lowest BCUT2D eigenvalue weighted by Gasteiger charge is -2.36. The fraction of sp³-hybridized carbons (Fsp3) is 0.650. The first-order valence-corrected chi connectivity index (χ1v) is 9.54. The molecule has 0 radical (unpaired) electrons. The maximum atomic E-state index is 12.9. The van der Waals surface area contributed by atoms with Gasteiger partial charge < -0.3 is 14.5 Å². The molecule has 0 unspecified atom stereocenters. The lowest BCUT2D eigenvalue weighted by Crippen LogP contribution is -2.45. The Morgan fingerprint density at radius 1 is 1.08 bits per heavy atom. The topological polar surface area (TPSA) is 32.8 Å². The third-order valence-electron chi connectivity index (χ3n) is 5.28. The number of rotatable bonds is 6. The molecule has 0 bridgehead atoms. The van der Waals surface area contributed by atoms with Gasteiger partial charge >= 0.3 is 0 Å². The van der Waals surface area contributed by atoms with Crippen molar-refractivity contribution in [3.8, 4) is 5.75 Å². The van der Waals surface area contributed by atoms with Crippen LogP contribution in [0.2, 0.25) is 0 Å². The molecule has 0 aliphatic carbocycles. The molecule has 0 spiro atoms. The molecule has 0 aromatic heterocycles. The van der Waals surface area contributed by atoms with Crippen molar-refractivity contribution < 1.29 is 9.53 Å². The fourth-order valence-electron chi connectivity index (χ4n) is 3.93. The van der Waals surface area contributed by atoms with Gasteiger partial charge in [-0.3, -0.25) is 4.79 Å². The Hall–Kier alpha value is -1.55. The van der Waals surface area contributed by atoms with Crippen LogP contribution in [0.3, 0.4) is 0 Å². The molecule has 2 heterocycles. The SMILES string of the molecule is CCOc1ccc(C(=O)N2CCCC[C@H]2CCN2CCCC2)cc1. The minimum atomic E-state index is 0.184. The molecule has 1 atom stereocenters. The van der Waals surface area contributed by atoms with E-state index >= 15 is 0 Å². The van der Waals surface area contributed by atoms with Gasteiger partial charge in [-0.15, -0.1) is 0 Å². The molecule has 2 saturated heterocycles. The van der Waals surface area contributed by atoms with Gasteiger partial charge in [-0.1, -0.05) is 0 Å². The zero-order chi connectivity index (χ0) is 16.8. The molecule has 24 heavy (non-hydrogen) atoms. The predicted octanol–water partition coefficient (Wildman–Crippen LogP) is 3.57. The van der Waals surface area contributed by atoms with E-state index in [9.17, 15) is 4.79 Å². The molecule has 1 aromatic carbocycles. The Bertz CT molecular complexity index is 523. The normalized spacial score (nSPS) is 21.9. The number of carbonyl (C=O) groups is 1. The first-order valence-electron chi connectivity index (χ1n) is 9.54. The first kappa shape index (κ1) is 17.3. The third kappa shape index (κ3) is 4.29. The molecule has 0 N–H and O–H groups in total. The second-order valence-electron chi connectivity index (χ2n) is 6.94. The van der Waals surface area contributed by atoms with Crippen LogP contribution in [0.5, 0.6) is 5.75 Å². The highest BCUT2D eigenvalue weighted by atomic mass is 16.5. The van der Waals surface area contributed by atoms with E-state index in [0.717, 1.165) is 43.7 Å². The average molecular weight is 330 g/mol. The summed E-state index contributed by atoms with van der Waals surface area (Å²) in [6, 6.07) is 8.01. The van der Waals surface area contributed by atoms with E-state index in [0.29, 0.717) is 12.6 Å². The lowest BCUT2D eigenvalue weighted by molar-refractivity contribution is 0.0588. The molecular formula is C20H30N2O2. The van der Waals surface area contributed by atoms with Crippen LogP contribution in [-0.2, 0) is 0 Å². The molecule has 2 aliphatic heterocycles. The zero-order valence-electron chi connectivity index (χ0n) is 14.9. The summed E-state index contributed by atoms with van der Waals surface area (Å²) < 4.78 is 5.47. The standard InChI is InChI=1S/C20H30N2O2/c1-2-24-19-10-8-17(9-11-19)20(23)22-15-4-3-7-18(22)12-16-21-13-5-6-14-21/h8-11,18H,2-7,12-16H2,1H3/t18-/m0/s1. The molecular weight excluding hydrogens is 300 g/mol. The molecule has 0 saturated carbocycles. The van der Waals surface area contributed by atoms with Crippen molar-refractivity contribution in [2.75, 3.05) is 32.8 Å². The van der Waals surface area contributed by atoms with Crippen molar-refractivity contribution >= 4 is 5.91 Å². The van der Waals surface area contributed by atoms with E-state index in [1.807, 2.05) is 31.2 Å². The second-order valence-corrected chi connectivity index (χ2v) is 6.94. The summed E-state index contributed by atoms with van der Waals surface area (Å²) in [7, 11) is 0. The molecule has 1 aromatic rings. The van der Waals surface area contributed by atoms with Crippen molar-refractivity contribution in [1.82, 2.24) is 9.80 Å². The van der Waals surface area contributed by atoms with E-state index in [2.05, 4.69) is 9.80 Å². The summed E-state index contributed by atoms with van der Waals surface area (Å²) >= 11 is 0. The lowest BCUT2D eigenvalue weighted by atomic mass is 9.98. The first-order chi connectivity index (χ1) is 11.8. The van der Waals surface area contributed by atoms with Gasteiger partial charge in [0.15, 0.2) is 0 Å². The number of likely N-dealkylation sites (tertiary alicyclic amines) is 2. The number of carbonyl (C=O) groups excluding carboxylic acids is 1. The summed E-state index contributed by atoms with van der Waals surface area (Å²) in [5, 5.41) is 0. The maximum Gasteiger partial charge on any atom is 0.254 e. The van der Waals surface area contributed by atoms with E-state index in [1.54, 1.807) is 0 Å². The summed E-state index contributed by atoms with van der Waals surface area (Å²) in [5.74, 6) is 1.02. The zero-order valence-corrected chi connectivity index (χ0v) is 14.9. The van der Waals surface area contributed by atoms with Gasteiger partial charge in [0, 0.05) is 24.7 Å². The molecule has 132 valence electrons. The van der Waals surface area contributed by atoms with E-state index in [1.165, 1.54) is 32.4 Å². The highest BCUT2D eigenvalue weighted by molar-refractivity contribution is 5.94. The Morgan fingerprint density at radius 3 is 2.50 bits per heavy atom. The van der Waals surface area contributed by atoms with Crippen molar-refractivity contribution in [1.29, 1.82) is 0 Å². The van der Waals surface area contributed by atoms with Crippen LogP contribution in [0, 0.1) is 0 Å². The molecule has 4 heteroatoms. The quantitative estimate of drug-likeness (QED) is 0.799. The van der Waals surface area contributed by atoms with Gasteiger partial charge in [0.05, 0.1) is 6.61 Å². The van der Waals surface area contributed by atoms with E-state index in [-0.39, 0.29) is 5.91 Å². The number of benzene rings is 1. The van der Waals surface area contributed by atoms with Crippen LogP contribution in [0.1, 0.15) is 55.8 Å². The monoisotopic (exact) mass is 330 g/mol. The number of amides is 1. The van der Waals surface area contributed by atoms with Crippen LogP contribution >= 0.6 is 0 Å². The van der Waals surface area contributed by atoms with Crippen LogP contribution in [-0.4, -0.2) is 54.5 Å². The van der Waals surface area contributed by atoms with Gasteiger partial charge in [0.2, 0.25) is 0 Å². The van der Waals surface area contributed by atoms with Crippen molar-refractivity contribution in [2.24, 2.45) is 0 Å². The molecule has 2 fully saturated rings. The summed E-state index contributed by atoms with van der Waals surface area (Å²) in [4.78, 5) is 17.6. The highest BCUT2D eigenvalue weighted by Gasteiger charge is 2.28. The second kappa shape index (κ2) is 8.52. The Balaban J connectivity index is 1.61. The van der Waals surface area contributed by atoms with Crippen LogP contribution in [0.25, 0.3) is 0 Å². The third-order valence-corrected chi connectivity index (χ3v) is 5.28. The molecule has 1 amide bonds. The molecule has 4 nitrogen and oxygen atoms in total. The Labute approximate surface area is 145 Å². The number of hydrogen-bond donors (Lipinski definition) is 0. The minimum Gasteiger partial charge on any atom is -0.494 e. The summed E-state index contributed by atoms with van der Waals surface area (Å²) in [6.07, 6.45) is 7.30. The summed E-state index contributed by atoms with van der Waals surface area (Å²) in [5.41, 5.74) is 0.784. The largest absolute Gasteiger partial charge is 0.494 e. The van der Waals surface area contributed by atoms with Gasteiger partial charge in [0.25, 0.3) is 5.91 Å². The fourth-order valence-corrected chi connectivity index (χ4v) is 3.93. The minimum absolute atomic E-state index is 0.184. The van der Waals surface area contributed by atoms with Gasteiger partial charge in [-0.25, -0.2) is 0 Å². The van der Waals surface area contributed by atoms with Crippen LogP contribution < -0.4 is 4.74 Å². The van der Waals surface area contributed by atoms with Crippen molar-refractivity contribution in [3.05, 3.63) is 29.8 Å². The van der Waals surface area contributed by atoms with Crippen LogP contribution in [0.15, 0.2) is 24.3 Å². The smallest absolute Gasteiger partial charge is 0.254 e. The number of ether oxygens (including phenoxy) is 1. The number of piperidine rings is 1. The molecule has 2 aliphatic rings. The average Bonchev–Trinajstić information content (AvgIpc) is 3.14. The van der Waals surface area contributed by atoms with Gasteiger partial charge in [0.1, 0.15) is 5.75 Å².